The number of nitrogens with one attached hydrogen (secondary N) is 1. The van der Waals surface area contributed by atoms with Gasteiger partial charge in [-0.25, -0.2) is 4.98 Å². The lowest BCUT2D eigenvalue weighted by Crippen LogP contribution is -2.40. The van der Waals surface area contributed by atoms with Gasteiger partial charge >= 0.3 is 0 Å². The highest BCUT2D eigenvalue weighted by Crippen LogP contribution is 2.29. The largest absolute Gasteiger partial charge is 0.308 e. The van der Waals surface area contributed by atoms with Gasteiger partial charge in [0.1, 0.15) is 5.65 Å². The molecule has 1 saturated carbocycles. The smallest absolute Gasteiger partial charge is 0.137 e. The Hall–Kier alpha value is -1.06. The van der Waals surface area contributed by atoms with E-state index < -0.39 is 0 Å². The van der Waals surface area contributed by atoms with Gasteiger partial charge in [-0.1, -0.05) is 38.3 Å². The Bertz CT molecular complexity index is 592. The molecule has 2 heterocycles. The SMILES string of the molecule is CC1CCCC(NCc2cn3cc(Cl)ccc3n2)C1C. The summed E-state index contributed by atoms with van der Waals surface area (Å²) in [5.74, 6) is 1.57. The second-order valence-electron chi connectivity index (χ2n) is 6.10. The van der Waals surface area contributed by atoms with Gasteiger partial charge in [0.05, 0.1) is 10.7 Å². The van der Waals surface area contributed by atoms with Crippen LogP contribution < -0.4 is 5.32 Å². The fraction of sp³-hybridized carbons (Fsp3) is 0.562. The van der Waals surface area contributed by atoms with Gasteiger partial charge in [-0.05, 0) is 30.4 Å². The van der Waals surface area contributed by atoms with E-state index in [1.807, 2.05) is 22.7 Å². The van der Waals surface area contributed by atoms with Gasteiger partial charge in [0.15, 0.2) is 0 Å². The molecule has 3 rings (SSSR count). The van der Waals surface area contributed by atoms with E-state index in [0.717, 1.165) is 34.7 Å². The molecule has 0 aliphatic heterocycles. The van der Waals surface area contributed by atoms with Crippen LogP contribution in [-0.2, 0) is 6.54 Å². The molecular weight excluding hydrogens is 270 g/mol. The summed E-state index contributed by atoms with van der Waals surface area (Å²) in [4.78, 5) is 4.62. The highest BCUT2D eigenvalue weighted by molar-refractivity contribution is 6.30. The van der Waals surface area contributed by atoms with Crippen molar-refractivity contribution in [3.63, 3.8) is 0 Å². The minimum atomic E-state index is 0.618. The minimum absolute atomic E-state index is 0.618. The maximum Gasteiger partial charge on any atom is 0.137 e. The van der Waals surface area contributed by atoms with Crippen molar-refractivity contribution in [1.29, 1.82) is 0 Å². The summed E-state index contributed by atoms with van der Waals surface area (Å²) in [6.07, 6.45) is 7.95. The molecule has 2 aromatic heterocycles. The maximum absolute atomic E-state index is 6.00. The molecular formula is C16H22ClN3. The van der Waals surface area contributed by atoms with Crippen molar-refractivity contribution in [2.24, 2.45) is 11.8 Å². The quantitative estimate of drug-likeness (QED) is 0.929. The number of nitrogens with zero attached hydrogens (tertiary/aromatic N) is 2. The summed E-state index contributed by atoms with van der Waals surface area (Å²) < 4.78 is 1.99. The molecule has 0 radical (unpaired) electrons. The Kier molecular flexibility index (Phi) is 3.99. The second-order valence-corrected chi connectivity index (χ2v) is 6.54. The molecule has 3 nitrogen and oxygen atoms in total. The third-order valence-electron chi connectivity index (χ3n) is 4.72. The molecule has 4 heteroatoms. The van der Waals surface area contributed by atoms with Gasteiger partial charge in [-0.15, -0.1) is 0 Å². The molecule has 0 saturated heterocycles. The topological polar surface area (TPSA) is 29.3 Å². The van der Waals surface area contributed by atoms with Gasteiger partial charge < -0.3 is 9.72 Å². The number of hydrogen-bond acceptors (Lipinski definition) is 2. The zero-order valence-electron chi connectivity index (χ0n) is 12.1. The number of imidazole rings is 1. The van der Waals surface area contributed by atoms with E-state index in [-0.39, 0.29) is 0 Å². The van der Waals surface area contributed by atoms with Crippen LogP contribution in [0, 0.1) is 11.8 Å². The van der Waals surface area contributed by atoms with Crippen LogP contribution in [-0.4, -0.2) is 15.4 Å². The summed E-state index contributed by atoms with van der Waals surface area (Å²) in [6.45, 7) is 5.57. The molecule has 0 aromatic carbocycles. The highest BCUT2D eigenvalue weighted by Gasteiger charge is 2.26. The number of fused-ring (bicyclic) bond motifs is 1. The Labute approximate surface area is 125 Å². The van der Waals surface area contributed by atoms with E-state index >= 15 is 0 Å². The van der Waals surface area contributed by atoms with E-state index in [4.69, 9.17) is 11.6 Å². The average molecular weight is 292 g/mol. The molecule has 0 amide bonds. The van der Waals surface area contributed by atoms with Crippen LogP contribution in [0.2, 0.25) is 5.02 Å². The molecule has 3 atom stereocenters. The van der Waals surface area contributed by atoms with Crippen LogP contribution in [0.3, 0.4) is 0 Å². The predicted octanol–water partition coefficient (Wildman–Crippen LogP) is 3.90. The summed E-state index contributed by atoms with van der Waals surface area (Å²) in [5.41, 5.74) is 2.04. The van der Waals surface area contributed by atoms with Crippen molar-refractivity contribution in [3.8, 4) is 0 Å². The van der Waals surface area contributed by atoms with Crippen molar-refractivity contribution in [2.75, 3.05) is 0 Å². The number of rotatable bonds is 3. The van der Waals surface area contributed by atoms with E-state index in [0.29, 0.717) is 6.04 Å². The van der Waals surface area contributed by atoms with Gasteiger partial charge in [-0.2, -0.15) is 0 Å². The number of aromatic nitrogens is 2. The van der Waals surface area contributed by atoms with E-state index in [1.165, 1.54) is 19.3 Å². The summed E-state index contributed by atoms with van der Waals surface area (Å²) in [5, 5.41) is 4.42. The average Bonchev–Trinajstić information content (AvgIpc) is 2.82. The standard InChI is InChI=1S/C16H22ClN3/c1-11-4-3-5-15(12(11)2)18-8-14-10-20-9-13(17)6-7-16(20)19-14/h6-7,9-12,15,18H,3-5,8H2,1-2H3. The van der Waals surface area contributed by atoms with Crippen LogP contribution in [0.4, 0.5) is 0 Å². The molecule has 20 heavy (non-hydrogen) atoms. The second kappa shape index (κ2) is 5.74. The Balaban J connectivity index is 1.67. The summed E-state index contributed by atoms with van der Waals surface area (Å²) in [7, 11) is 0. The zero-order valence-corrected chi connectivity index (χ0v) is 12.9. The normalized spacial score (nSPS) is 27.1. The molecule has 108 valence electrons. The van der Waals surface area contributed by atoms with Crippen molar-refractivity contribution in [3.05, 3.63) is 35.2 Å². The first-order valence-corrected chi connectivity index (χ1v) is 7.88. The van der Waals surface area contributed by atoms with Gasteiger partial charge in [0, 0.05) is 25.0 Å². The lowest BCUT2D eigenvalue weighted by atomic mass is 9.78. The van der Waals surface area contributed by atoms with Gasteiger partial charge in [0.25, 0.3) is 0 Å². The van der Waals surface area contributed by atoms with Crippen LogP contribution in [0.25, 0.3) is 5.65 Å². The van der Waals surface area contributed by atoms with Crippen molar-refractivity contribution < 1.29 is 0 Å². The fourth-order valence-electron chi connectivity index (χ4n) is 3.21. The number of hydrogen-bond donors (Lipinski definition) is 1. The van der Waals surface area contributed by atoms with Crippen molar-refractivity contribution >= 4 is 17.2 Å². The van der Waals surface area contributed by atoms with E-state index in [2.05, 4.69) is 30.3 Å². The van der Waals surface area contributed by atoms with Gasteiger partial charge in [0.2, 0.25) is 0 Å². The lowest BCUT2D eigenvalue weighted by molar-refractivity contribution is 0.205. The van der Waals surface area contributed by atoms with Crippen LogP contribution >= 0.6 is 11.6 Å². The summed E-state index contributed by atoms with van der Waals surface area (Å²) >= 11 is 6.00. The number of halogens is 1. The molecule has 0 bridgehead atoms. The Morgan fingerprint density at radius 2 is 2.15 bits per heavy atom. The molecule has 1 fully saturated rings. The van der Waals surface area contributed by atoms with Crippen molar-refractivity contribution in [2.45, 2.75) is 45.7 Å². The number of pyridine rings is 1. The van der Waals surface area contributed by atoms with Crippen LogP contribution in [0.1, 0.15) is 38.8 Å². The van der Waals surface area contributed by atoms with Crippen LogP contribution in [0.15, 0.2) is 24.5 Å². The first-order valence-electron chi connectivity index (χ1n) is 7.50. The van der Waals surface area contributed by atoms with Crippen LogP contribution in [0.5, 0.6) is 0 Å². The summed E-state index contributed by atoms with van der Waals surface area (Å²) in [6, 6.07) is 4.45. The zero-order chi connectivity index (χ0) is 14.1. The first kappa shape index (κ1) is 13.9. The highest BCUT2D eigenvalue weighted by atomic mass is 35.5. The maximum atomic E-state index is 6.00. The minimum Gasteiger partial charge on any atom is -0.308 e. The molecule has 2 aromatic rings. The lowest BCUT2D eigenvalue weighted by Gasteiger charge is -2.34. The molecule has 1 N–H and O–H groups in total. The molecule has 1 aliphatic rings. The molecule has 3 unspecified atom stereocenters. The third-order valence-corrected chi connectivity index (χ3v) is 4.94. The third kappa shape index (κ3) is 2.84. The molecule has 1 aliphatic carbocycles. The monoisotopic (exact) mass is 291 g/mol. The van der Waals surface area contributed by atoms with Gasteiger partial charge in [-0.3, -0.25) is 0 Å². The van der Waals surface area contributed by atoms with Crippen molar-refractivity contribution in [1.82, 2.24) is 14.7 Å². The predicted molar refractivity (Wildman–Crippen MR) is 83.0 cm³/mol. The van der Waals surface area contributed by atoms with E-state index in [1.54, 1.807) is 0 Å². The fourth-order valence-corrected chi connectivity index (χ4v) is 3.38. The first-order chi connectivity index (χ1) is 9.63. The Morgan fingerprint density at radius 3 is 3.00 bits per heavy atom. The Morgan fingerprint density at radius 1 is 1.30 bits per heavy atom. The van der Waals surface area contributed by atoms with E-state index in [9.17, 15) is 0 Å². The molecule has 0 spiro atoms.